The molecule has 0 spiro atoms. The van der Waals surface area contributed by atoms with E-state index < -0.39 is 0 Å². The Morgan fingerprint density at radius 2 is 1.58 bits per heavy atom. The lowest BCUT2D eigenvalue weighted by molar-refractivity contribution is -0.121. The fourth-order valence-corrected chi connectivity index (χ4v) is 4.29. The molecule has 2 heterocycles. The Kier molecular flexibility index (Phi) is 5.63. The van der Waals surface area contributed by atoms with E-state index >= 15 is 0 Å². The standard InChI is InChI=1S/C25H27N3O3/c1-16-7-8-17(2)21(15-16)28-24(30)22(19-9-11-20(12-10-19)26-18(3)29)23(25(28)31)27-13-5-4-6-14-27/h7-12,15H,4-6,13-14H2,1-3H3,(H,26,29). The molecular formula is C25H27N3O3. The molecule has 2 aromatic carbocycles. The summed E-state index contributed by atoms with van der Waals surface area (Å²) in [7, 11) is 0. The largest absolute Gasteiger partial charge is 0.366 e. The Labute approximate surface area is 182 Å². The molecule has 1 N–H and O–H groups in total. The molecule has 1 saturated heterocycles. The van der Waals surface area contributed by atoms with Gasteiger partial charge in [0.05, 0.1) is 11.3 Å². The summed E-state index contributed by atoms with van der Waals surface area (Å²) in [5.74, 6) is -0.720. The summed E-state index contributed by atoms with van der Waals surface area (Å²) in [5, 5.41) is 2.74. The van der Waals surface area contributed by atoms with Crippen LogP contribution in [0.1, 0.15) is 42.9 Å². The first-order chi connectivity index (χ1) is 14.9. The lowest BCUT2D eigenvalue weighted by Gasteiger charge is -2.29. The van der Waals surface area contributed by atoms with Crippen molar-refractivity contribution in [3.63, 3.8) is 0 Å². The van der Waals surface area contributed by atoms with Crippen molar-refractivity contribution in [2.24, 2.45) is 0 Å². The molecule has 0 aromatic heterocycles. The summed E-state index contributed by atoms with van der Waals surface area (Å²) in [5.41, 5.74) is 4.76. The minimum atomic E-state index is -0.299. The molecule has 2 aliphatic rings. The van der Waals surface area contributed by atoms with Crippen molar-refractivity contribution in [1.29, 1.82) is 0 Å². The van der Waals surface area contributed by atoms with Crippen LogP contribution in [-0.4, -0.2) is 35.7 Å². The summed E-state index contributed by atoms with van der Waals surface area (Å²) in [4.78, 5) is 42.0. The number of amides is 3. The Hall–Kier alpha value is -3.41. The van der Waals surface area contributed by atoms with Crippen molar-refractivity contribution in [1.82, 2.24) is 4.90 Å². The number of benzene rings is 2. The third-order valence-electron chi connectivity index (χ3n) is 5.83. The number of imide groups is 1. The summed E-state index contributed by atoms with van der Waals surface area (Å²) in [6.45, 7) is 6.85. The van der Waals surface area contributed by atoms with E-state index in [1.54, 1.807) is 24.3 Å². The van der Waals surface area contributed by atoms with E-state index in [4.69, 9.17) is 0 Å². The average Bonchev–Trinajstić information content (AvgIpc) is 3.01. The molecule has 2 aliphatic heterocycles. The molecule has 6 heteroatoms. The molecule has 2 aromatic rings. The molecule has 0 atom stereocenters. The van der Waals surface area contributed by atoms with E-state index in [0.717, 1.165) is 43.5 Å². The molecule has 0 saturated carbocycles. The van der Waals surface area contributed by atoms with Gasteiger partial charge in [0.2, 0.25) is 5.91 Å². The zero-order valence-corrected chi connectivity index (χ0v) is 18.2. The van der Waals surface area contributed by atoms with Gasteiger partial charge in [-0.25, -0.2) is 4.90 Å². The van der Waals surface area contributed by atoms with Crippen molar-refractivity contribution in [2.75, 3.05) is 23.3 Å². The lowest BCUT2D eigenvalue weighted by atomic mass is 10.0. The van der Waals surface area contributed by atoms with Gasteiger partial charge in [-0.15, -0.1) is 0 Å². The molecule has 0 radical (unpaired) electrons. The average molecular weight is 418 g/mol. The van der Waals surface area contributed by atoms with Crippen LogP contribution in [0, 0.1) is 13.8 Å². The first-order valence-electron chi connectivity index (χ1n) is 10.7. The first kappa shape index (κ1) is 20.8. The van der Waals surface area contributed by atoms with Crippen LogP contribution >= 0.6 is 0 Å². The zero-order chi connectivity index (χ0) is 22.1. The lowest BCUT2D eigenvalue weighted by Crippen LogP contribution is -2.37. The topological polar surface area (TPSA) is 69.7 Å². The van der Waals surface area contributed by atoms with Crippen LogP contribution in [0.15, 0.2) is 48.2 Å². The molecule has 0 bridgehead atoms. The molecule has 1 fully saturated rings. The Balaban J connectivity index is 1.80. The molecule has 160 valence electrons. The fourth-order valence-electron chi connectivity index (χ4n) is 4.29. The fraction of sp³-hybridized carbons (Fsp3) is 0.320. The van der Waals surface area contributed by atoms with E-state index in [0.29, 0.717) is 28.2 Å². The second-order valence-electron chi connectivity index (χ2n) is 8.27. The number of aryl methyl sites for hydroxylation is 2. The summed E-state index contributed by atoms with van der Waals surface area (Å²) in [6, 6.07) is 12.9. The van der Waals surface area contributed by atoms with Crippen molar-refractivity contribution >= 4 is 34.7 Å². The van der Waals surface area contributed by atoms with Gasteiger partial charge in [0.15, 0.2) is 0 Å². The minimum Gasteiger partial charge on any atom is -0.366 e. The molecular weight excluding hydrogens is 390 g/mol. The normalized spacial score (nSPS) is 16.9. The van der Waals surface area contributed by atoms with Gasteiger partial charge in [-0.3, -0.25) is 14.4 Å². The van der Waals surface area contributed by atoms with Crippen molar-refractivity contribution in [2.45, 2.75) is 40.0 Å². The minimum absolute atomic E-state index is 0.158. The molecule has 4 rings (SSSR count). The van der Waals surface area contributed by atoms with Gasteiger partial charge in [0.1, 0.15) is 5.70 Å². The van der Waals surface area contributed by atoms with Crippen LogP contribution in [0.5, 0.6) is 0 Å². The summed E-state index contributed by atoms with van der Waals surface area (Å²) < 4.78 is 0. The maximum Gasteiger partial charge on any atom is 0.282 e. The van der Waals surface area contributed by atoms with Gasteiger partial charge in [0, 0.05) is 25.7 Å². The number of piperidine rings is 1. The highest BCUT2D eigenvalue weighted by molar-refractivity contribution is 6.45. The number of hydrogen-bond acceptors (Lipinski definition) is 4. The smallest absolute Gasteiger partial charge is 0.282 e. The Morgan fingerprint density at radius 3 is 2.23 bits per heavy atom. The van der Waals surface area contributed by atoms with E-state index in [1.807, 2.05) is 32.0 Å². The van der Waals surface area contributed by atoms with Crippen molar-refractivity contribution < 1.29 is 14.4 Å². The van der Waals surface area contributed by atoms with Crippen LogP contribution in [0.25, 0.3) is 5.57 Å². The van der Waals surface area contributed by atoms with Gasteiger partial charge in [-0.1, -0.05) is 24.3 Å². The van der Waals surface area contributed by atoms with Crippen molar-refractivity contribution in [3.05, 3.63) is 64.9 Å². The number of carbonyl (C=O) groups is 3. The molecule has 0 aliphatic carbocycles. The third kappa shape index (κ3) is 3.98. The highest BCUT2D eigenvalue weighted by Gasteiger charge is 2.43. The Bertz CT molecular complexity index is 1080. The van der Waals surface area contributed by atoms with E-state index in [9.17, 15) is 14.4 Å². The SMILES string of the molecule is CC(=O)Nc1ccc(C2=C(N3CCCCC3)C(=O)N(c3cc(C)ccc3C)C2=O)cc1. The predicted molar refractivity (Wildman–Crippen MR) is 121 cm³/mol. The molecule has 3 amide bonds. The number of nitrogens with zero attached hydrogens (tertiary/aromatic N) is 2. The quantitative estimate of drug-likeness (QED) is 0.763. The Morgan fingerprint density at radius 1 is 0.903 bits per heavy atom. The molecule has 6 nitrogen and oxygen atoms in total. The number of anilines is 2. The van der Waals surface area contributed by atoms with Gasteiger partial charge in [-0.05, 0) is 68.0 Å². The first-order valence-corrected chi connectivity index (χ1v) is 10.7. The molecule has 0 unspecified atom stereocenters. The van der Waals surface area contributed by atoms with Crippen molar-refractivity contribution in [3.8, 4) is 0 Å². The zero-order valence-electron chi connectivity index (χ0n) is 18.2. The van der Waals surface area contributed by atoms with Crippen LogP contribution in [0.2, 0.25) is 0 Å². The third-order valence-corrected chi connectivity index (χ3v) is 5.83. The predicted octanol–water partition coefficient (Wildman–Crippen LogP) is 4.03. The molecule has 31 heavy (non-hydrogen) atoms. The highest BCUT2D eigenvalue weighted by Crippen LogP contribution is 2.37. The summed E-state index contributed by atoms with van der Waals surface area (Å²) in [6.07, 6.45) is 3.14. The van der Waals surface area contributed by atoms with Crippen LogP contribution in [-0.2, 0) is 14.4 Å². The van der Waals surface area contributed by atoms with Gasteiger partial charge in [-0.2, -0.15) is 0 Å². The van der Waals surface area contributed by atoms with Crippen LogP contribution < -0.4 is 10.2 Å². The van der Waals surface area contributed by atoms with Gasteiger partial charge in [0.25, 0.3) is 11.8 Å². The van der Waals surface area contributed by atoms with E-state index in [1.165, 1.54) is 11.8 Å². The highest BCUT2D eigenvalue weighted by atomic mass is 16.2. The number of likely N-dealkylation sites (tertiary alicyclic amines) is 1. The number of hydrogen-bond donors (Lipinski definition) is 1. The van der Waals surface area contributed by atoms with E-state index in [-0.39, 0.29) is 17.7 Å². The monoisotopic (exact) mass is 417 g/mol. The maximum absolute atomic E-state index is 13.6. The summed E-state index contributed by atoms with van der Waals surface area (Å²) >= 11 is 0. The second kappa shape index (κ2) is 8.38. The number of rotatable bonds is 4. The number of carbonyl (C=O) groups excluding carboxylic acids is 3. The van der Waals surface area contributed by atoms with Crippen LogP contribution in [0.3, 0.4) is 0 Å². The van der Waals surface area contributed by atoms with E-state index in [2.05, 4.69) is 10.2 Å². The maximum atomic E-state index is 13.6. The second-order valence-corrected chi connectivity index (χ2v) is 8.27. The van der Waals surface area contributed by atoms with Gasteiger partial charge < -0.3 is 10.2 Å². The number of nitrogens with one attached hydrogen (secondary N) is 1. The van der Waals surface area contributed by atoms with Gasteiger partial charge >= 0.3 is 0 Å². The van der Waals surface area contributed by atoms with Crippen LogP contribution in [0.4, 0.5) is 11.4 Å².